The van der Waals surface area contributed by atoms with Crippen LogP contribution >= 0.6 is 0 Å². The molecule has 1 amide bonds. The standard InChI is InChI=1S/C24H29F2N3O/c25-21-9-8-20(15-22(21)26)27-24(30)17-29-12-4-7-23(29)19-10-13-28(14-11-19)16-18-5-2-1-3-6-18/h1-3,5-6,8-9,15,19,23H,4,7,10-14,16-17H2,(H,27,30)/t23-/m1/s1. The Morgan fingerprint density at radius 1 is 0.967 bits per heavy atom. The fourth-order valence-electron chi connectivity index (χ4n) is 4.88. The zero-order chi connectivity index (χ0) is 20.9. The number of nitrogens with one attached hydrogen (secondary N) is 1. The molecule has 4 rings (SSSR count). The van der Waals surface area contributed by atoms with E-state index in [2.05, 4.69) is 39.4 Å². The second-order valence-corrected chi connectivity index (χ2v) is 8.46. The number of anilines is 1. The first-order valence-corrected chi connectivity index (χ1v) is 10.8. The number of piperidine rings is 1. The Kier molecular flexibility index (Phi) is 6.75. The van der Waals surface area contributed by atoms with Crippen molar-refractivity contribution >= 4 is 11.6 Å². The van der Waals surface area contributed by atoms with Crippen LogP contribution in [0.2, 0.25) is 0 Å². The maximum absolute atomic E-state index is 13.4. The topological polar surface area (TPSA) is 35.6 Å². The lowest BCUT2D eigenvalue weighted by Crippen LogP contribution is -2.44. The number of carbonyl (C=O) groups excluding carboxylic acids is 1. The van der Waals surface area contributed by atoms with Crippen LogP contribution in [0, 0.1) is 17.6 Å². The monoisotopic (exact) mass is 413 g/mol. The smallest absolute Gasteiger partial charge is 0.238 e. The van der Waals surface area contributed by atoms with Crippen LogP contribution in [-0.4, -0.2) is 47.9 Å². The van der Waals surface area contributed by atoms with Crippen molar-refractivity contribution < 1.29 is 13.6 Å². The molecule has 30 heavy (non-hydrogen) atoms. The van der Waals surface area contributed by atoms with Crippen LogP contribution in [0.4, 0.5) is 14.5 Å². The molecule has 2 saturated heterocycles. The number of carbonyl (C=O) groups is 1. The number of amides is 1. The first-order chi connectivity index (χ1) is 14.6. The highest BCUT2D eigenvalue weighted by molar-refractivity contribution is 5.92. The molecular weight excluding hydrogens is 384 g/mol. The van der Waals surface area contributed by atoms with Gasteiger partial charge in [0.25, 0.3) is 0 Å². The van der Waals surface area contributed by atoms with Crippen LogP contribution in [0.25, 0.3) is 0 Å². The number of hydrogen-bond donors (Lipinski definition) is 1. The normalized spacial score (nSPS) is 21.1. The van der Waals surface area contributed by atoms with Gasteiger partial charge in [0.15, 0.2) is 11.6 Å². The Morgan fingerprint density at radius 3 is 2.47 bits per heavy atom. The highest BCUT2D eigenvalue weighted by atomic mass is 19.2. The van der Waals surface area contributed by atoms with Crippen molar-refractivity contribution in [1.29, 1.82) is 0 Å². The third-order valence-corrected chi connectivity index (χ3v) is 6.39. The minimum Gasteiger partial charge on any atom is -0.325 e. The largest absolute Gasteiger partial charge is 0.325 e. The minimum absolute atomic E-state index is 0.172. The molecule has 0 bridgehead atoms. The fraction of sp³-hybridized carbons (Fsp3) is 0.458. The van der Waals surface area contributed by atoms with Crippen LogP contribution < -0.4 is 5.32 Å². The molecule has 0 spiro atoms. The number of rotatable bonds is 6. The second-order valence-electron chi connectivity index (χ2n) is 8.46. The Morgan fingerprint density at radius 2 is 1.73 bits per heavy atom. The number of halogens is 2. The summed E-state index contributed by atoms with van der Waals surface area (Å²) in [5.41, 5.74) is 1.65. The van der Waals surface area contributed by atoms with Gasteiger partial charge in [0.1, 0.15) is 0 Å². The second kappa shape index (κ2) is 9.67. The number of benzene rings is 2. The van der Waals surface area contributed by atoms with Crippen molar-refractivity contribution in [2.45, 2.75) is 38.3 Å². The Balaban J connectivity index is 1.27. The van der Waals surface area contributed by atoms with E-state index in [1.54, 1.807) is 0 Å². The molecule has 0 aliphatic carbocycles. The average molecular weight is 414 g/mol. The van der Waals surface area contributed by atoms with Gasteiger partial charge in [0, 0.05) is 24.3 Å². The molecule has 2 aliphatic rings. The highest BCUT2D eigenvalue weighted by Crippen LogP contribution is 2.31. The van der Waals surface area contributed by atoms with Gasteiger partial charge in [-0.1, -0.05) is 30.3 Å². The van der Waals surface area contributed by atoms with E-state index in [9.17, 15) is 13.6 Å². The number of hydrogen-bond acceptors (Lipinski definition) is 3. The van der Waals surface area contributed by atoms with Gasteiger partial charge in [-0.15, -0.1) is 0 Å². The van der Waals surface area contributed by atoms with Crippen LogP contribution in [0.1, 0.15) is 31.2 Å². The van der Waals surface area contributed by atoms with E-state index >= 15 is 0 Å². The van der Waals surface area contributed by atoms with Crippen molar-refractivity contribution in [3.63, 3.8) is 0 Å². The van der Waals surface area contributed by atoms with E-state index < -0.39 is 11.6 Å². The molecule has 2 heterocycles. The molecule has 160 valence electrons. The summed E-state index contributed by atoms with van der Waals surface area (Å²) in [6.07, 6.45) is 4.53. The quantitative estimate of drug-likeness (QED) is 0.768. The van der Waals surface area contributed by atoms with Gasteiger partial charge in [-0.2, -0.15) is 0 Å². The van der Waals surface area contributed by atoms with Gasteiger partial charge < -0.3 is 5.32 Å². The lowest BCUT2D eigenvalue weighted by Gasteiger charge is -2.38. The first kappa shape index (κ1) is 20.9. The van der Waals surface area contributed by atoms with Gasteiger partial charge in [-0.05, 0) is 68.9 Å². The first-order valence-electron chi connectivity index (χ1n) is 10.8. The average Bonchev–Trinajstić information content (AvgIpc) is 3.20. The molecule has 1 atom stereocenters. The molecule has 1 N–H and O–H groups in total. The molecule has 0 saturated carbocycles. The summed E-state index contributed by atoms with van der Waals surface area (Å²) in [4.78, 5) is 17.3. The van der Waals surface area contributed by atoms with Gasteiger partial charge in [-0.25, -0.2) is 8.78 Å². The molecule has 2 aliphatic heterocycles. The third-order valence-electron chi connectivity index (χ3n) is 6.39. The molecule has 2 aromatic carbocycles. The minimum atomic E-state index is -0.950. The van der Waals surface area contributed by atoms with Crippen LogP contribution in [-0.2, 0) is 11.3 Å². The maximum Gasteiger partial charge on any atom is 0.238 e. The van der Waals surface area contributed by atoms with Gasteiger partial charge in [0.05, 0.1) is 6.54 Å². The predicted molar refractivity (Wildman–Crippen MR) is 114 cm³/mol. The molecule has 0 radical (unpaired) electrons. The zero-order valence-electron chi connectivity index (χ0n) is 17.2. The molecular formula is C24H29F2N3O. The summed E-state index contributed by atoms with van der Waals surface area (Å²) in [7, 11) is 0. The van der Waals surface area contributed by atoms with Gasteiger partial charge >= 0.3 is 0 Å². The van der Waals surface area contributed by atoms with Crippen LogP contribution in [0.15, 0.2) is 48.5 Å². The van der Waals surface area contributed by atoms with E-state index in [1.807, 2.05) is 6.07 Å². The van der Waals surface area contributed by atoms with E-state index in [-0.39, 0.29) is 5.91 Å². The molecule has 2 fully saturated rings. The van der Waals surface area contributed by atoms with Gasteiger partial charge in [-0.3, -0.25) is 14.6 Å². The van der Waals surface area contributed by atoms with Gasteiger partial charge in [0.2, 0.25) is 5.91 Å². The fourth-order valence-corrected chi connectivity index (χ4v) is 4.88. The summed E-state index contributed by atoms with van der Waals surface area (Å²) < 4.78 is 26.4. The Bertz CT molecular complexity index is 853. The van der Waals surface area contributed by atoms with E-state index in [4.69, 9.17) is 0 Å². The SMILES string of the molecule is O=C(CN1CCC[C@@H]1C1CCN(Cc2ccccc2)CC1)Nc1ccc(F)c(F)c1. The summed E-state index contributed by atoms with van der Waals surface area (Å²) in [6.45, 7) is 4.39. The van der Waals surface area contributed by atoms with Crippen molar-refractivity contribution in [2.24, 2.45) is 5.92 Å². The Labute approximate surface area is 176 Å². The van der Waals surface area contributed by atoms with Crippen molar-refractivity contribution in [3.05, 3.63) is 65.7 Å². The predicted octanol–water partition coefficient (Wildman–Crippen LogP) is 4.28. The molecule has 4 nitrogen and oxygen atoms in total. The highest BCUT2D eigenvalue weighted by Gasteiger charge is 2.34. The van der Waals surface area contributed by atoms with Crippen LogP contribution in [0.3, 0.4) is 0 Å². The molecule has 6 heteroatoms. The van der Waals surface area contributed by atoms with Crippen molar-refractivity contribution in [3.8, 4) is 0 Å². The summed E-state index contributed by atoms with van der Waals surface area (Å²) in [5.74, 6) is -1.43. The molecule has 0 unspecified atom stereocenters. The molecule has 0 aromatic heterocycles. The van der Waals surface area contributed by atoms with E-state index in [0.717, 1.165) is 64.0 Å². The number of likely N-dealkylation sites (tertiary alicyclic amines) is 2. The number of nitrogens with zero attached hydrogens (tertiary/aromatic N) is 2. The van der Waals surface area contributed by atoms with Crippen molar-refractivity contribution in [2.75, 3.05) is 31.5 Å². The lowest BCUT2D eigenvalue weighted by atomic mass is 9.87. The summed E-state index contributed by atoms with van der Waals surface area (Å²) >= 11 is 0. The molecule has 2 aromatic rings. The maximum atomic E-state index is 13.4. The lowest BCUT2D eigenvalue weighted by molar-refractivity contribution is -0.117. The van der Waals surface area contributed by atoms with E-state index in [0.29, 0.717) is 24.2 Å². The zero-order valence-corrected chi connectivity index (χ0v) is 17.2. The van der Waals surface area contributed by atoms with E-state index in [1.165, 1.54) is 11.6 Å². The third kappa shape index (κ3) is 5.24. The summed E-state index contributed by atoms with van der Waals surface area (Å²) in [6, 6.07) is 14.5. The summed E-state index contributed by atoms with van der Waals surface area (Å²) in [5, 5.41) is 2.70. The van der Waals surface area contributed by atoms with Crippen LogP contribution in [0.5, 0.6) is 0 Å². The Hall–Kier alpha value is -2.31. The van der Waals surface area contributed by atoms with Crippen molar-refractivity contribution in [1.82, 2.24) is 9.80 Å².